The summed E-state index contributed by atoms with van der Waals surface area (Å²) in [6, 6.07) is 28.9. The first-order valence-corrected chi connectivity index (χ1v) is 23.2. The number of rotatable bonds is 5. The summed E-state index contributed by atoms with van der Waals surface area (Å²) < 4.78 is 1.42. The fourth-order valence-electron chi connectivity index (χ4n) is 7.80. The van der Waals surface area contributed by atoms with Gasteiger partial charge >= 0.3 is 112 Å². The van der Waals surface area contributed by atoms with Crippen molar-refractivity contribution in [3.05, 3.63) is 152 Å². The van der Waals surface area contributed by atoms with Crippen molar-refractivity contribution in [2.75, 3.05) is 0 Å². The van der Waals surface area contributed by atoms with E-state index >= 15 is 0 Å². The van der Waals surface area contributed by atoms with Gasteiger partial charge < -0.3 is 24.8 Å². The summed E-state index contributed by atoms with van der Waals surface area (Å²) in [5.41, 5.74) is 19.0. The summed E-state index contributed by atoms with van der Waals surface area (Å²) in [5, 5.41) is 0. The molecule has 1 atom stereocenters. The summed E-state index contributed by atoms with van der Waals surface area (Å²) >= 11 is 1.46. The quantitative estimate of drug-likeness (QED) is 0.154. The molecule has 0 spiro atoms. The molecule has 60 heavy (non-hydrogen) atoms. The van der Waals surface area contributed by atoms with Crippen LogP contribution in [0.1, 0.15) is 186 Å². The second-order valence-electron chi connectivity index (χ2n) is 22.2. The molecule has 3 heteroatoms. The van der Waals surface area contributed by atoms with Gasteiger partial charge in [-0.2, -0.15) is 29.3 Å². The third kappa shape index (κ3) is 14.1. The average Bonchev–Trinajstić information content (AvgIpc) is 3.74. The molecule has 0 saturated carbocycles. The maximum atomic E-state index is 3.90. The molecule has 0 aromatic heterocycles. The number of allylic oxidation sites excluding steroid dienone is 4. The van der Waals surface area contributed by atoms with Crippen molar-refractivity contribution in [2.24, 2.45) is 11.3 Å². The molecule has 2 aliphatic carbocycles. The van der Waals surface area contributed by atoms with E-state index in [2.05, 4.69) is 216 Å². The molecule has 0 nitrogen and oxygen atoms in total. The molecule has 0 bridgehead atoms. The molecule has 0 saturated heterocycles. The molecular weight excluding hydrogens is 847 g/mol. The molecule has 2 aliphatic rings. The van der Waals surface area contributed by atoms with E-state index < -0.39 is 0 Å². The van der Waals surface area contributed by atoms with Gasteiger partial charge in [-0.25, -0.2) is 6.08 Å². The summed E-state index contributed by atoms with van der Waals surface area (Å²) in [7, 11) is 0. The van der Waals surface area contributed by atoms with Crippen LogP contribution < -0.4 is 24.8 Å². The Kier molecular flexibility index (Phi) is 18.8. The summed E-state index contributed by atoms with van der Waals surface area (Å²) in [6.07, 6.45) is 12.9. The fourth-order valence-corrected chi connectivity index (χ4v) is 8.62. The fraction of sp³-hybridized carbons (Fsp3) is 0.491. The van der Waals surface area contributed by atoms with E-state index in [9.17, 15) is 0 Å². The van der Waals surface area contributed by atoms with Gasteiger partial charge in [-0.05, 0) is 39.4 Å². The number of halogens is 2. The third-order valence-corrected chi connectivity index (χ3v) is 12.9. The molecule has 0 N–H and O–H groups in total. The van der Waals surface area contributed by atoms with Gasteiger partial charge in [0, 0.05) is 0 Å². The first kappa shape index (κ1) is 53.8. The molecule has 0 radical (unpaired) electrons. The van der Waals surface area contributed by atoms with Crippen LogP contribution in [0.15, 0.2) is 84.5 Å². The number of benzene rings is 4. The van der Waals surface area contributed by atoms with Crippen molar-refractivity contribution in [3.8, 4) is 11.1 Å². The second kappa shape index (κ2) is 20.9. The molecule has 0 fully saturated rings. The van der Waals surface area contributed by atoms with E-state index in [-0.39, 0.29) is 46.5 Å². The number of hydrogen-bond acceptors (Lipinski definition) is 0. The first-order chi connectivity index (χ1) is 26.6. The van der Waals surface area contributed by atoms with Gasteiger partial charge in [0.1, 0.15) is 0 Å². The van der Waals surface area contributed by atoms with Gasteiger partial charge in [-0.1, -0.05) is 164 Å². The summed E-state index contributed by atoms with van der Waals surface area (Å²) in [5.74, 6) is 0.592. The van der Waals surface area contributed by atoms with Crippen LogP contribution in [0.25, 0.3) is 11.1 Å². The molecule has 0 amide bonds. The van der Waals surface area contributed by atoms with Gasteiger partial charge in [0.15, 0.2) is 0 Å². The topological polar surface area (TPSA) is 0 Å². The molecule has 4 aromatic carbocycles. The van der Waals surface area contributed by atoms with Gasteiger partial charge in [0.2, 0.25) is 0 Å². The van der Waals surface area contributed by atoms with Gasteiger partial charge in [0.05, 0.1) is 0 Å². The van der Waals surface area contributed by atoms with E-state index in [4.69, 9.17) is 0 Å². The van der Waals surface area contributed by atoms with Crippen LogP contribution in [0.3, 0.4) is 0 Å². The van der Waals surface area contributed by atoms with Crippen molar-refractivity contribution < 1.29 is 49.0 Å². The van der Waals surface area contributed by atoms with Crippen molar-refractivity contribution >= 4 is 3.21 Å². The van der Waals surface area contributed by atoms with Crippen LogP contribution >= 0.6 is 0 Å². The predicted octanol–water partition coefficient (Wildman–Crippen LogP) is 9.81. The zero-order valence-corrected chi connectivity index (χ0v) is 44.6. The Morgan fingerprint density at radius 2 is 1.05 bits per heavy atom. The summed E-state index contributed by atoms with van der Waals surface area (Å²) in [4.78, 5) is 0. The van der Waals surface area contributed by atoms with Gasteiger partial charge in [0.25, 0.3) is 0 Å². The predicted molar refractivity (Wildman–Crippen MR) is 252 cm³/mol. The standard InChI is InChI=1S/C29H41.C15H14.C13H21.2ClH.Zr/c1-26(2,3)22-14-18-13-19-15-23(27(4,5)6)25(29(10,11)12)17-21(19)20(18)16-24(22)28(7,8)9;1-12-3-7-14(8-4-12)11-15-9-5-13(2)6-10-15;1-5-6-7-11-8-9-12(10-11)13(2,3)4;;;/h14,16-17H,13H2,1-12H3;3-10H,1-2H3;9-11H,5-7H2,1-4H3;2*1H;/q-1;;-1;;;+2/p-2. The van der Waals surface area contributed by atoms with E-state index in [1.165, 1.54) is 119 Å². The smallest absolute Gasteiger partial charge is 1.00 e. The van der Waals surface area contributed by atoms with Crippen LogP contribution in [0.2, 0.25) is 0 Å². The molecule has 6 rings (SSSR count). The number of aryl methyl sites for hydroxylation is 2. The van der Waals surface area contributed by atoms with Crippen molar-refractivity contribution in [1.82, 2.24) is 0 Å². The Labute approximate surface area is 396 Å². The van der Waals surface area contributed by atoms with E-state index in [0.717, 1.165) is 6.42 Å². The summed E-state index contributed by atoms with van der Waals surface area (Å²) in [6.45, 7) is 41.3. The number of fused-ring (bicyclic) bond motifs is 3. The van der Waals surface area contributed by atoms with Gasteiger partial charge in [-0.3, -0.25) is 6.08 Å². The monoisotopic (exact) mass is 920 g/mol. The molecule has 0 heterocycles. The second-order valence-corrected chi connectivity index (χ2v) is 23.4. The van der Waals surface area contributed by atoms with Crippen LogP contribution in [0.4, 0.5) is 0 Å². The van der Waals surface area contributed by atoms with Crippen LogP contribution in [-0.2, 0) is 52.3 Å². The Hall–Kier alpha value is -2.31. The Balaban J connectivity index is 0.000000338. The molecule has 4 aromatic rings. The average molecular weight is 923 g/mol. The van der Waals surface area contributed by atoms with Crippen LogP contribution in [0.5, 0.6) is 0 Å². The van der Waals surface area contributed by atoms with Crippen molar-refractivity contribution in [2.45, 2.75) is 172 Å². The molecular formula is C57H76Cl2Zr-2. The van der Waals surface area contributed by atoms with Crippen LogP contribution in [0, 0.1) is 37.3 Å². The third-order valence-electron chi connectivity index (χ3n) is 11.5. The largest absolute Gasteiger partial charge is 1.00 e. The zero-order valence-electron chi connectivity index (χ0n) is 40.7. The number of hydrogen-bond donors (Lipinski definition) is 0. The Bertz CT molecular complexity index is 1980. The number of unbranched alkanes of at least 4 members (excludes halogenated alkanes) is 1. The minimum Gasteiger partial charge on any atom is -1.00 e. The molecule has 324 valence electrons. The zero-order chi connectivity index (χ0) is 43.6. The van der Waals surface area contributed by atoms with Crippen LogP contribution in [-0.4, -0.2) is 3.21 Å². The maximum absolute atomic E-state index is 3.90. The Morgan fingerprint density at radius 3 is 1.45 bits per heavy atom. The maximum Gasteiger partial charge on any atom is -1.00 e. The molecule has 0 aliphatic heterocycles. The first-order valence-electron chi connectivity index (χ1n) is 21.9. The minimum absolute atomic E-state index is 0. The SMILES string of the molecule is CC(C)(C)c1[c-]c2c(cc1C(C)(C)C)-c1cc(C(C)(C)C)c(C(C)(C)C)cc1C2.CCCCC1[C-]=CC(C(C)(C)C)=C1.Cc1ccc([C](=[Zr+2])c2ccc(C)cc2)cc1.[Cl-].[Cl-]. The van der Waals surface area contributed by atoms with Crippen molar-refractivity contribution in [1.29, 1.82) is 0 Å². The molecule has 1 unspecified atom stereocenters. The van der Waals surface area contributed by atoms with Crippen molar-refractivity contribution in [3.63, 3.8) is 0 Å². The minimum atomic E-state index is 0. The van der Waals surface area contributed by atoms with E-state index in [0.29, 0.717) is 11.3 Å². The van der Waals surface area contributed by atoms with E-state index in [1.54, 1.807) is 0 Å². The normalized spacial score (nSPS) is 14.7. The van der Waals surface area contributed by atoms with E-state index in [1.807, 2.05) is 0 Å². The van der Waals surface area contributed by atoms with Gasteiger partial charge in [-0.15, -0.1) is 16.7 Å². The Morgan fingerprint density at radius 1 is 0.600 bits per heavy atom.